The second kappa shape index (κ2) is 9.10. The number of unbranched alkanes of at least 4 members (excludes halogenated alkanes) is 2. The SMILES string of the molecule is CCCCCC(C)Nc1nc(NCCC)ncc1[N+](=O)[O-]. The monoisotopic (exact) mass is 295 g/mol. The van der Waals surface area contributed by atoms with E-state index in [2.05, 4.69) is 27.5 Å². The molecule has 1 unspecified atom stereocenters. The Labute approximate surface area is 125 Å². The smallest absolute Gasteiger partial charge is 0.329 e. The van der Waals surface area contributed by atoms with Crippen LogP contribution < -0.4 is 10.6 Å². The van der Waals surface area contributed by atoms with Crippen LogP contribution in [0, 0.1) is 10.1 Å². The van der Waals surface area contributed by atoms with E-state index in [-0.39, 0.29) is 17.5 Å². The van der Waals surface area contributed by atoms with Gasteiger partial charge >= 0.3 is 5.69 Å². The lowest BCUT2D eigenvalue weighted by molar-refractivity contribution is -0.384. The number of aromatic nitrogens is 2. The molecule has 1 heterocycles. The normalized spacial score (nSPS) is 12.0. The van der Waals surface area contributed by atoms with Crippen LogP contribution in [0.2, 0.25) is 0 Å². The molecule has 1 aromatic heterocycles. The molecule has 0 aliphatic carbocycles. The van der Waals surface area contributed by atoms with Crippen LogP contribution in [0.4, 0.5) is 17.5 Å². The van der Waals surface area contributed by atoms with E-state index in [4.69, 9.17) is 0 Å². The fraction of sp³-hybridized carbons (Fsp3) is 0.714. The van der Waals surface area contributed by atoms with Gasteiger partial charge < -0.3 is 10.6 Å². The highest BCUT2D eigenvalue weighted by molar-refractivity contribution is 5.57. The number of hydrogen-bond donors (Lipinski definition) is 2. The summed E-state index contributed by atoms with van der Waals surface area (Å²) in [6, 6.07) is 0.143. The third-order valence-electron chi connectivity index (χ3n) is 3.12. The molecule has 7 heteroatoms. The zero-order valence-corrected chi connectivity index (χ0v) is 13.1. The molecule has 1 rings (SSSR count). The molecule has 0 fully saturated rings. The minimum Gasteiger partial charge on any atom is -0.362 e. The highest BCUT2D eigenvalue weighted by Crippen LogP contribution is 2.23. The minimum absolute atomic E-state index is 0.0839. The molecular weight excluding hydrogens is 270 g/mol. The van der Waals surface area contributed by atoms with Crippen LogP contribution >= 0.6 is 0 Å². The second-order valence-corrected chi connectivity index (χ2v) is 5.15. The van der Waals surface area contributed by atoms with Crippen molar-refractivity contribution in [1.29, 1.82) is 0 Å². The van der Waals surface area contributed by atoms with Crippen molar-refractivity contribution in [3.63, 3.8) is 0 Å². The maximum Gasteiger partial charge on any atom is 0.329 e. The van der Waals surface area contributed by atoms with Gasteiger partial charge in [0, 0.05) is 12.6 Å². The molecular formula is C14H25N5O2. The number of nitro groups is 1. The molecule has 118 valence electrons. The predicted molar refractivity (Wildman–Crippen MR) is 84.7 cm³/mol. The first-order valence-corrected chi connectivity index (χ1v) is 7.60. The van der Waals surface area contributed by atoms with Crippen LogP contribution in [0.3, 0.4) is 0 Å². The molecule has 0 amide bonds. The van der Waals surface area contributed by atoms with Crippen LogP contribution in [0.25, 0.3) is 0 Å². The second-order valence-electron chi connectivity index (χ2n) is 5.15. The van der Waals surface area contributed by atoms with E-state index in [1.54, 1.807) is 0 Å². The number of rotatable bonds is 10. The molecule has 0 bridgehead atoms. The fourth-order valence-corrected chi connectivity index (χ4v) is 1.94. The van der Waals surface area contributed by atoms with Crippen molar-refractivity contribution in [3.8, 4) is 0 Å². The Morgan fingerprint density at radius 3 is 2.71 bits per heavy atom. The first-order chi connectivity index (χ1) is 10.1. The minimum atomic E-state index is -0.454. The first-order valence-electron chi connectivity index (χ1n) is 7.60. The molecule has 1 aromatic rings. The van der Waals surface area contributed by atoms with Gasteiger partial charge in [0.05, 0.1) is 4.92 Å². The Hall–Kier alpha value is -1.92. The summed E-state index contributed by atoms with van der Waals surface area (Å²) >= 11 is 0. The van der Waals surface area contributed by atoms with Gasteiger partial charge in [-0.25, -0.2) is 4.98 Å². The molecule has 21 heavy (non-hydrogen) atoms. The summed E-state index contributed by atoms with van der Waals surface area (Å²) in [5, 5.41) is 17.2. The molecule has 2 N–H and O–H groups in total. The molecule has 0 spiro atoms. The van der Waals surface area contributed by atoms with Crippen LogP contribution in [0.15, 0.2) is 6.20 Å². The number of nitrogens with zero attached hydrogens (tertiary/aromatic N) is 3. The lowest BCUT2D eigenvalue weighted by atomic mass is 10.1. The van der Waals surface area contributed by atoms with Crippen LogP contribution in [0.5, 0.6) is 0 Å². The first kappa shape index (κ1) is 17.1. The Morgan fingerprint density at radius 1 is 1.33 bits per heavy atom. The average molecular weight is 295 g/mol. The van der Waals surface area contributed by atoms with E-state index in [0.717, 1.165) is 32.2 Å². The van der Waals surface area contributed by atoms with Crippen LogP contribution in [0.1, 0.15) is 52.9 Å². The molecule has 0 aromatic carbocycles. The summed E-state index contributed by atoms with van der Waals surface area (Å²) < 4.78 is 0. The van der Waals surface area contributed by atoms with E-state index in [1.165, 1.54) is 12.6 Å². The fourth-order valence-electron chi connectivity index (χ4n) is 1.94. The standard InChI is InChI=1S/C14H25N5O2/c1-4-6-7-8-11(3)17-13-12(19(20)21)10-16-14(18-13)15-9-5-2/h10-11H,4-9H2,1-3H3,(H2,15,16,17,18). The Bertz CT molecular complexity index is 453. The van der Waals surface area contributed by atoms with Gasteiger partial charge in [-0.1, -0.05) is 33.1 Å². The summed E-state index contributed by atoms with van der Waals surface area (Å²) in [5.41, 5.74) is -0.0839. The number of nitrogens with one attached hydrogen (secondary N) is 2. The predicted octanol–water partition coefficient (Wildman–Crippen LogP) is 3.59. The zero-order chi connectivity index (χ0) is 15.7. The number of anilines is 2. The van der Waals surface area contributed by atoms with Crippen molar-refractivity contribution in [1.82, 2.24) is 9.97 Å². The van der Waals surface area contributed by atoms with Crippen molar-refractivity contribution in [2.45, 2.75) is 58.9 Å². The highest BCUT2D eigenvalue weighted by Gasteiger charge is 2.18. The molecule has 0 radical (unpaired) electrons. The lowest BCUT2D eigenvalue weighted by Crippen LogP contribution is -2.18. The van der Waals surface area contributed by atoms with Gasteiger partial charge in [-0.2, -0.15) is 4.98 Å². The molecule has 0 saturated heterocycles. The van der Waals surface area contributed by atoms with Crippen molar-refractivity contribution in [2.75, 3.05) is 17.2 Å². The van der Waals surface area contributed by atoms with Crippen molar-refractivity contribution in [3.05, 3.63) is 16.3 Å². The maximum absolute atomic E-state index is 11.1. The van der Waals surface area contributed by atoms with Crippen molar-refractivity contribution in [2.24, 2.45) is 0 Å². The largest absolute Gasteiger partial charge is 0.362 e. The highest BCUT2D eigenvalue weighted by atomic mass is 16.6. The molecule has 0 saturated carbocycles. The number of hydrogen-bond acceptors (Lipinski definition) is 6. The van der Waals surface area contributed by atoms with Crippen molar-refractivity contribution >= 4 is 17.5 Å². The van der Waals surface area contributed by atoms with Gasteiger partial charge in [0.25, 0.3) is 0 Å². The molecule has 1 atom stereocenters. The van der Waals surface area contributed by atoms with Crippen LogP contribution in [-0.4, -0.2) is 27.5 Å². The van der Waals surface area contributed by atoms with Gasteiger partial charge in [-0.15, -0.1) is 0 Å². The topological polar surface area (TPSA) is 93.0 Å². The van der Waals surface area contributed by atoms with Gasteiger partial charge in [0.1, 0.15) is 6.20 Å². The van der Waals surface area contributed by atoms with E-state index in [9.17, 15) is 10.1 Å². The van der Waals surface area contributed by atoms with Gasteiger partial charge in [-0.3, -0.25) is 10.1 Å². The lowest BCUT2D eigenvalue weighted by Gasteiger charge is -2.14. The summed E-state index contributed by atoms with van der Waals surface area (Å²) in [6.45, 7) is 6.94. The molecule has 0 aliphatic rings. The summed E-state index contributed by atoms with van der Waals surface area (Å²) in [5.74, 6) is 0.711. The molecule has 7 nitrogen and oxygen atoms in total. The van der Waals surface area contributed by atoms with Crippen molar-refractivity contribution < 1.29 is 4.92 Å². The van der Waals surface area contributed by atoms with Gasteiger partial charge in [-0.05, 0) is 19.8 Å². The van der Waals surface area contributed by atoms with E-state index in [0.29, 0.717) is 5.95 Å². The molecule has 0 aliphatic heterocycles. The quantitative estimate of drug-likeness (QED) is 0.389. The summed E-state index contributed by atoms with van der Waals surface area (Å²) in [7, 11) is 0. The van der Waals surface area contributed by atoms with E-state index >= 15 is 0 Å². The third-order valence-corrected chi connectivity index (χ3v) is 3.12. The average Bonchev–Trinajstić information content (AvgIpc) is 2.45. The van der Waals surface area contributed by atoms with E-state index < -0.39 is 4.92 Å². The van der Waals surface area contributed by atoms with Crippen LogP contribution in [-0.2, 0) is 0 Å². The Morgan fingerprint density at radius 2 is 2.10 bits per heavy atom. The third kappa shape index (κ3) is 5.93. The zero-order valence-electron chi connectivity index (χ0n) is 13.1. The summed E-state index contributed by atoms with van der Waals surface area (Å²) in [4.78, 5) is 18.8. The summed E-state index contributed by atoms with van der Waals surface area (Å²) in [6.07, 6.45) is 6.59. The van der Waals surface area contributed by atoms with E-state index in [1.807, 2.05) is 13.8 Å². The van der Waals surface area contributed by atoms with Gasteiger partial charge in [0.15, 0.2) is 0 Å². The Kier molecular flexibility index (Phi) is 7.42. The maximum atomic E-state index is 11.1. The van der Waals surface area contributed by atoms with Gasteiger partial charge in [0.2, 0.25) is 11.8 Å². The Balaban J connectivity index is 2.77.